The fourth-order valence-corrected chi connectivity index (χ4v) is 1.80. The molecule has 1 atom stereocenters. The average Bonchev–Trinajstić information content (AvgIpc) is 2.29. The maximum absolute atomic E-state index is 13.2. The van der Waals surface area contributed by atoms with E-state index in [2.05, 4.69) is 0 Å². The van der Waals surface area contributed by atoms with Crippen molar-refractivity contribution in [2.45, 2.75) is 34.1 Å². The molecule has 0 spiro atoms. The minimum absolute atomic E-state index is 0.0242. The zero-order valence-corrected chi connectivity index (χ0v) is 10.9. The monoisotopic (exact) mass is 234 g/mol. The van der Waals surface area contributed by atoms with Crippen LogP contribution < -0.4 is 0 Å². The molecule has 1 nitrogen and oxygen atoms in total. The second-order valence-electron chi connectivity index (χ2n) is 4.49. The van der Waals surface area contributed by atoms with Gasteiger partial charge in [-0.25, -0.2) is 4.39 Å². The van der Waals surface area contributed by atoms with Crippen LogP contribution in [0.3, 0.4) is 0 Å². The SMILES string of the molecule is C/C=C(/C[C@H](C)C(C)=O)c1cc(F)ccc1C. The fraction of sp³-hybridized carbons (Fsp3) is 0.400. The maximum atomic E-state index is 13.2. The van der Waals surface area contributed by atoms with Crippen molar-refractivity contribution in [2.24, 2.45) is 5.92 Å². The summed E-state index contributed by atoms with van der Waals surface area (Å²) in [7, 11) is 0. The number of carbonyl (C=O) groups is 1. The molecule has 0 fully saturated rings. The van der Waals surface area contributed by atoms with E-state index >= 15 is 0 Å². The van der Waals surface area contributed by atoms with Crippen molar-refractivity contribution in [2.75, 3.05) is 0 Å². The van der Waals surface area contributed by atoms with Crippen LogP contribution in [0.2, 0.25) is 0 Å². The summed E-state index contributed by atoms with van der Waals surface area (Å²) < 4.78 is 13.2. The van der Waals surface area contributed by atoms with Gasteiger partial charge in [-0.05, 0) is 56.0 Å². The zero-order valence-electron chi connectivity index (χ0n) is 10.9. The van der Waals surface area contributed by atoms with E-state index in [1.165, 1.54) is 12.1 Å². The van der Waals surface area contributed by atoms with Crippen molar-refractivity contribution < 1.29 is 9.18 Å². The van der Waals surface area contributed by atoms with Gasteiger partial charge in [-0.15, -0.1) is 0 Å². The molecule has 0 aromatic heterocycles. The summed E-state index contributed by atoms with van der Waals surface area (Å²) in [5.74, 6) is -0.0947. The molecule has 0 aliphatic rings. The normalized spacial score (nSPS) is 13.6. The largest absolute Gasteiger partial charge is 0.300 e. The molecule has 1 rings (SSSR count). The van der Waals surface area contributed by atoms with Crippen molar-refractivity contribution >= 4 is 11.4 Å². The molecular formula is C15H19FO. The number of halogens is 1. The lowest BCUT2D eigenvalue weighted by atomic mass is 9.91. The third kappa shape index (κ3) is 3.52. The molecule has 0 unspecified atom stereocenters. The average molecular weight is 234 g/mol. The molecule has 0 amide bonds. The molecule has 17 heavy (non-hydrogen) atoms. The van der Waals surface area contributed by atoms with Crippen LogP contribution in [-0.4, -0.2) is 5.78 Å². The molecule has 0 saturated heterocycles. The van der Waals surface area contributed by atoms with Crippen LogP contribution >= 0.6 is 0 Å². The molecular weight excluding hydrogens is 215 g/mol. The van der Waals surface area contributed by atoms with Crippen molar-refractivity contribution in [3.63, 3.8) is 0 Å². The van der Waals surface area contributed by atoms with Gasteiger partial charge in [0, 0.05) is 5.92 Å². The van der Waals surface area contributed by atoms with Crippen LogP contribution in [-0.2, 0) is 4.79 Å². The molecule has 0 aliphatic carbocycles. The summed E-state index contributed by atoms with van der Waals surface area (Å²) in [4.78, 5) is 11.3. The van der Waals surface area contributed by atoms with E-state index in [0.29, 0.717) is 6.42 Å². The van der Waals surface area contributed by atoms with E-state index in [4.69, 9.17) is 0 Å². The minimum Gasteiger partial charge on any atom is -0.300 e. The molecule has 0 aliphatic heterocycles. The number of Topliss-reactive ketones (excluding diaryl/α,β-unsaturated/α-hetero) is 1. The first-order valence-corrected chi connectivity index (χ1v) is 5.87. The van der Waals surface area contributed by atoms with Crippen molar-refractivity contribution in [1.82, 2.24) is 0 Å². The minimum atomic E-state index is -0.236. The summed E-state index contributed by atoms with van der Waals surface area (Å²) in [6.45, 7) is 7.38. The zero-order chi connectivity index (χ0) is 13.0. The molecule has 0 radical (unpaired) electrons. The molecule has 2 heteroatoms. The molecule has 0 bridgehead atoms. The smallest absolute Gasteiger partial charge is 0.132 e. The number of allylic oxidation sites excluding steroid dienone is 2. The number of carbonyl (C=O) groups excluding carboxylic acids is 1. The summed E-state index contributed by atoms with van der Waals surface area (Å²) in [5, 5.41) is 0. The van der Waals surface area contributed by atoms with Crippen molar-refractivity contribution in [3.8, 4) is 0 Å². The van der Waals surface area contributed by atoms with Crippen LogP contribution in [0, 0.1) is 18.7 Å². The highest BCUT2D eigenvalue weighted by molar-refractivity contribution is 5.81. The maximum Gasteiger partial charge on any atom is 0.132 e. The summed E-state index contributed by atoms with van der Waals surface area (Å²) >= 11 is 0. The number of hydrogen-bond acceptors (Lipinski definition) is 1. The summed E-state index contributed by atoms with van der Waals surface area (Å²) in [6.07, 6.45) is 2.62. The van der Waals surface area contributed by atoms with Gasteiger partial charge >= 0.3 is 0 Å². The van der Waals surface area contributed by atoms with E-state index in [1.807, 2.05) is 26.8 Å². The van der Waals surface area contributed by atoms with Gasteiger partial charge in [0.25, 0.3) is 0 Å². The Morgan fingerprint density at radius 3 is 2.65 bits per heavy atom. The van der Waals surface area contributed by atoms with Gasteiger partial charge in [-0.3, -0.25) is 4.79 Å². The topological polar surface area (TPSA) is 17.1 Å². The highest BCUT2D eigenvalue weighted by Crippen LogP contribution is 2.26. The van der Waals surface area contributed by atoms with Gasteiger partial charge in [0.15, 0.2) is 0 Å². The second-order valence-corrected chi connectivity index (χ2v) is 4.49. The first-order chi connectivity index (χ1) is 7.95. The van der Waals surface area contributed by atoms with Gasteiger partial charge in [0.1, 0.15) is 11.6 Å². The summed E-state index contributed by atoms with van der Waals surface area (Å²) in [6, 6.07) is 4.77. The molecule has 92 valence electrons. The van der Waals surface area contributed by atoms with E-state index in [9.17, 15) is 9.18 Å². The third-order valence-corrected chi connectivity index (χ3v) is 3.11. The Labute approximate surface area is 102 Å². The lowest BCUT2D eigenvalue weighted by Gasteiger charge is -2.14. The molecule has 1 aromatic rings. The number of aryl methyl sites for hydroxylation is 1. The van der Waals surface area contributed by atoms with E-state index in [-0.39, 0.29) is 17.5 Å². The Balaban J connectivity index is 3.03. The molecule has 0 N–H and O–H groups in total. The number of rotatable bonds is 4. The Morgan fingerprint density at radius 2 is 2.12 bits per heavy atom. The molecule has 0 heterocycles. The Morgan fingerprint density at radius 1 is 1.47 bits per heavy atom. The first kappa shape index (κ1) is 13.6. The van der Waals surface area contributed by atoms with Crippen LogP contribution in [0.5, 0.6) is 0 Å². The number of hydrogen-bond donors (Lipinski definition) is 0. The Bertz CT molecular complexity index is 446. The predicted molar refractivity (Wildman–Crippen MR) is 69.3 cm³/mol. The van der Waals surface area contributed by atoms with Crippen molar-refractivity contribution in [3.05, 3.63) is 41.2 Å². The van der Waals surface area contributed by atoms with Crippen LogP contribution in [0.25, 0.3) is 5.57 Å². The highest BCUT2D eigenvalue weighted by atomic mass is 19.1. The third-order valence-electron chi connectivity index (χ3n) is 3.11. The highest BCUT2D eigenvalue weighted by Gasteiger charge is 2.13. The lowest BCUT2D eigenvalue weighted by Crippen LogP contribution is -2.07. The fourth-order valence-electron chi connectivity index (χ4n) is 1.80. The first-order valence-electron chi connectivity index (χ1n) is 5.87. The predicted octanol–water partition coefficient (Wildman–Crippen LogP) is 4.15. The molecule has 1 aromatic carbocycles. The quantitative estimate of drug-likeness (QED) is 0.764. The van der Waals surface area contributed by atoms with Gasteiger partial charge < -0.3 is 0 Å². The van der Waals surface area contributed by atoms with Crippen LogP contribution in [0.4, 0.5) is 4.39 Å². The Hall–Kier alpha value is -1.44. The second kappa shape index (κ2) is 5.76. The standard InChI is InChI=1S/C15H19FO/c1-5-13(8-11(3)12(4)17)15-9-14(16)7-6-10(15)2/h5-7,9,11H,8H2,1-4H3/b13-5-/t11-/m0/s1. The number of ketones is 1. The van der Waals surface area contributed by atoms with Crippen LogP contribution in [0.1, 0.15) is 38.3 Å². The van der Waals surface area contributed by atoms with E-state index in [1.54, 1.807) is 13.0 Å². The van der Waals surface area contributed by atoms with Gasteiger partial charge in [-0.1, -0.05) is 19.1 Å². The van der Waals surface area contributed by atoms with E-state index < -0.39 is 0 Å². The Kier molecular flexibility index (Phi) is 4.62. The lowest BCUT2D eigenvalue weighted by molar-refractivity contribution is -0.120. The number of benzene rings is 1. The molecule has 0 saturated carbocycles. The van der Waals surface area contributed by atoms with Crippen LogP contribution in [0.15, 0.2) is 24.3 Å². The van der Waals surface area contributed by atoms with Gasteiger partial charge in [0.05, 0.1) is 0 Å². The van der Waals surface area contributed by atoms with Gasteiger partial charge in [0.2, 0.25) is 0 Å². The van der Waals surface area contributed by atoms with Crippen molar-refractivity contribution in [1.29, 1.82) is 0 Å². The summed E-state index contributed by atoms with van der Waals surface area (Å²) in [5.41, 5.74) is 2.97. The van der Waals surface area contributed by atoms with Gasteiger partial charge in [-0.2, -0.15) is 0 Å². The van der Waals surface area contributed by atoms with E-state index in [0.717, 1.165) is 16.7 Å².